The summed E-state index contributed by atoms with van der Waals surface area (Å²) in [5, 5.41) is 6.07. The van der Waals surface area contributed by atoms with Crippen LogP contribution in [0.15, 0.2) is 22.7 Å². The average Bonchev–Trinajstić information content (AvgIpc) is 2.95. The minimum Gasteiger partial charge on any atom is -0.335 e. The number of rotatable bonds is 2. The predicted molar refractivity (Wildman–Crippen MR) is 64.3 cm³/mol. The molecule has 1 aromatic rings. The van der Waals surface area contributed by atoms with Crippen molar-refractivity contribution >= 4 is 39.2 Å². The number of benzene rings is 1. The summed E-state index contributed by atoms with van der Waals surface area (Å²) in [7, 11) is 0. The highest BCUT2D eigenvalue weighted by Crippen LogP contribution is 2.26. The molecule has 1 aliphatic carbocycles. The van der Waals surface area contributed by atoms with Gasteiger partial charge in [-0.05, 0) is 31.0 Å². The second-order valence-electron chi connectivity index (χ2n) is 3.50. The Bertz CT molecular complexity index is 393. The van der Waals surface area contributed by atoms with Crippen LogP contribution in [-0.2, 0) is 0 Å². The Morgan fingerprint density at radius 1 is 1.47 bits per heavy atom. The Balaban J connectivity index is 2.01. The molecule has 80 valence electrons. The predicted octanol–water partition coefficient (Wildman–Crippen LogP) is 3.39. The van der Waals surface area contributed by atoms with Crippen molar-refractivity contribution in [3.05, 3.63) is 27.7 Å². The highest BCUT2D eigenvalue weighted by atomic mass is 79.9. The standard InChI is InChI=1S/C10H10BrClN2O/c11-6-1-4-8(12)9(5-6)14-10(15)13-7-2-3-7/h1,4-5,7H,2-3H2,(H2,13,14,15). The van der Waals surface area contributed by atoms with Crippen LogP contribution in [0, 0.1) is 0 Å². The Morgan fingerprint density at radius 3 is 2.87 bits per heavy atom. The molecule has 0 spiro atoms. The van der Waals surface area contributed by atoms with E-state index >= 15 is 0 Å². The quantitative estimate of drug-likeness (QED) is 0.861. The number of nitrogens with one attached hydrogen (secondary N) is 2. The number of carbonyl (C=O) groups is 1. The van der Waals surface area contributed by atoms with E-state index in [0.29, 0.717) is 16.8 Å². The summed E-state index contributed by atoms with van der Waals surface area (Å²) in [5.41, 5.74) is 0.615. The lowest BCUT2D eigenvalue weighted by Gasteiger charge is -2.08. The highest BCUT2D eigenvalue weighted by Gasteiger charge is 2.23. The largest absolute Gasteiger partial charge is 0.335 e. The van der Waals surface area contributed by atoms with Gasteiger partial charge in [0, 0.05) is 10.5 Å². The smallest absolute Gasteiger partial charge is 0.319 e. The lowest BCUT2D eigenvalue weighted by Crippen LogP contribution is -2.30. The summed E-state index contributed by atoms with van der Waals surface area (Å²) in [4.78, 5) is 11.4. The van der Waals surface area contributed by atoms with Gasteiger partial charge < -0.3 is 10.6 Å². The minimum atomic E-state index is -0.197. The fourth-order valence-electron chi connectivity index (χ4n) is 1.16. The van der Waals surface area contributed by atoms with E-state index in [-0.39, 0.29) is 6.03 Å². The molecule has 0 saturated heterocycles. The lowest BCUT2D eigenvalue weighted by molar-refractivity contribution is 0.251. The number of hydrogen-bond acceptors (Lipinski definition) is 1. The van der Waals surface area contributed by atoms with E-state index in [9.17, 15) is 4.79 Å². The number of carbonyl (C=O) groups excluding carboxylic acids is 1. The molecule has 2 rings (SSSR count). The van der Waals surface area contributed by atoms with Gasteiger partial charge in [0.05, 0.1) is 10.7 Å². The molecule has 1 aromatic carbocycles. The molecule has 2 amide bonds. The zero-order valence-corrected chi connectivity index (χ0v) is 10.2. The van der Waals surface area contributed by atoms with Crippen molar-refractivity contribution in [2.45, 2.75) is 18.9 Å². The van der Waals surface area contributed by atoms with E-state index in [1.165, 1.54) is 0 Å². The first-order valence-corrected chi connectivity index (χ1v) is 5.85. The molecule has 0 unspecified atom stereocenters. The second-order valence-corrected chi connectivity index (χ2v) is 4.82. The molecule has 0 atom stereocenters. The topological polar surface area (TPSA) is 41.1 Å². The molecule has 1 aliphatic rings. The average molecular weight is 290 g/mol. The van der Waals surface area contributed by atoms with Gasteiger partial charge in [0.25, 0.3) is 0 Å². The SMILES string of the molecule is O=C(Nc1cc(Br)ccc1Cl)NC1CC1. The summed E-state index contributed by atoms with van der Waals surface area (Å²) in [5.74, 6) is 0. The maximum absolute atomic E-state index is 11.4. The maximum atomic E-state index is 11.4. The second kappa shape index (κ2) is 4.41. The van der Waals surface area contributed by atoms with Crippen LogP contribution in [0.2, 0.25) is 5.02 Å². The number of urea groups is 1. The molecule has 3 nitrogen and oxygen atoms in total. The fourth-order valence-corrected chi connectivity index (χ4v) is 1.69. The molecular weight excluding hydrogens is 279 g/mol. The van der Waals surface area contributed by atoms with E-state index in [4.69, 9.17) is 11.6 Å². The van der Waals surface area contributed by atoms with Crippen molar-refractivity contribution < 1.29 is 4.79 Å². The van der Waals surface area contributed by atoms with E-state index in [0.717, 1.165) is 17.3 Å². The van der Waals surface area contributed by atoms with Gasteiger partial charge in [-0.25, -0.2) is 4.79 Å². The minimum absolute atomic E-state index is 0.197. The fraction of sp³-hybridized carbons (Fsp3) is 0.300. The third-order valence-corrected chi connectivity index (χ3v) is 2.91. The monoisotopic (exact) mass is 288 g/mol. The van der Waals surface area contributed by atoms with Crippen LogP contribution in [0.4, 0.5) is 10.5 Å². The first kappa shape index (κ1) is 10.8. The Labute approximate surface area is 101 Å². The molecule has 2 N–H and O–H groups in total. The highest BCUT2D eigenvalue weighted by molar-refractivity contribution is 9.10. The zero-order valence-electron chi connectivity index (χ0n) is 7.89. The van der Waals surface area contributed by atoms with Crippen molar-refractivity contribution in [3.63, 3.8) is 0 Å². The normalized spacial score (nSPS) is 14.8. The van der Waals surface area contributed by atoms with Gasteiger partial charge in [-0.3, -0.25) is 0 Å². The van der Waals surface area contributed by atoms with Gasteiger partial charge in [-0.1, -0.05) is 27.5 Å². The van der Waals surface area contributed by atoms with Gasteiger partial charge in [0.2, 0.25) is 0 Å². The van der Waals surface area contributed by atoms with Crippen molar-refractivity contribution in [2.75, 3.05) is 5.32 Å². The molecule has 1 fully saturated rings. The molecule has 15 heavy (non-hydrogen) atoms. The molecule has 1 saturated carbocycles. The van der Waals surface area contributed by atoms with Gasteiger partial charge in [0.15, 0.2) is 0 Å². The van der Waals surface area contributed by atoms with Crippen LogP contribution >= 0.6 is 27.5 Å². The number of amides is 2. The Hall–Kier alpha value is -0.740. The summed E-state index contributed by atoms with van der Waals surface area (Å²) < 4.78 is 0.883. The maximum Gasteiger partial charge on any atom is 0.319 e. The lowest BCUT2D eigenvalue weighted by atomic mass is 10.3. The van der Waals surface area contributed by atoms with Crippen molar-refractivity contribution in [2.24, 2.45) is 0 Å². The molecule has 0 aromatic heterocycles. The third kappa shape index (κ3) is 3.11. The van der Waals surface area contributed by atoms with Crippen molar-refractivity contribution in [1.29, 1.82) is 0 Å². The van der Waals surface area contributed by atoms with Crippen LogP contribution in [0.5, 0.6) is 0 Å². The van der Waals surface area contributed by atoms with Crippen LogP contribution in [-0.4, -0.2) is 12.1 Å². The molecule has 0 aliphatic heterocycles. The molecule has 5 heteroatoms. The molecule has 0 heterocycles. The van der Waals surface area contributed by atoms with Crippen LogP contribution in [0.3, 0.4) is 0 Å². The van der Waals surface area contributed by atoms with E-state index in [1.807, 2.05) is 6.07 Å². The number of anilines is 1. The van der Waals surface area contributed by atoms with Crippen molar-refractivity contribution in [1.82, 2.24) is 5.32 Å². The van der Waals surface area contributed by atoms with Crippen LogP contribution in [0.25, 0.3) is 0 Å². The van der Waals surface area contributed by atoms with E-state index in [2.05, 4.69) is 26.6 Å². The zero-order chi connectivity index (χ0) is 10.8. The van der Waals surface area contributed by atoms with Crippen LogP contribution < -0.4 is 10.6 Å². The Kier molecular flexibility index (Phi) is 3.17. The summed E-state index contributed by atoms with van der Waals surface area (Å²) in [6.45, 7) is 0. The number of halogens is 2. The first-order valence-electron chi connectivity index (χ1n) is 4.68. The summed E-state index contributed by atoms with van der Waals surface area (Å²) in [6, 6.07) is 5.48. The van der Waals surface area contributed by atoms with Crippen molar-refractivity contribution in [3.8, 4) is 0 Å². The van der Waals surface area contributed by atoms with E-state index < -0.39 is 0 Å². The summed E-state index contributed by atoms with van der Waals surface area (Å²) in [6.07, 6.45) is 2.14. The number of hydrogen-bond donors (Lipinski definition) is 2. The van der Waals surface area contributed by atoms with E-state index in [1.54, 1.807) is 12.1 Å². The van der Waals surface area contributed by atoms with Crippen LogP contribution in [0.1, 0.15) is 12.8 Å². The van der Waals surface area contributed by atoms with Gasteiger partial charge in [-0.15, -0.1) is 0 Å². The summed E-state index contributed by atoms with van der Waals surface area (Å²) >= 11 is 9.25. The van der Waals surface area contributed by atoms with Gasteiger partial charge in [-0.2, -0.15) is 0 Å². The first-order chi connectivity index (χ1) is 7.15. The Morgan fingerprint density at radius 2 is 2.20 bits per heavy atom. The van der Waals surface area contributed by atoms with Gasteiger partial charge >= 0.3 is 6.03 Å². The molecular formula is C10H10BrClN2O. The third-order valence-electron chi connectivity index (χ3n) is 2.09. The van der Waals surface area contributed by atoms with Gasteiger partial charge in [0.1, 0.15) is 0 Å². The molecule has 0 radical (unpaired) electrons. The molecule has 0 bridgehead atoms.